The van der Waals surface area contributed by atoms with Crippen LogP contribution in [-0.2, 0) is 6.42 Å². The van der Waals surface area contributed by atoms with Crippen LogP contribution in [0.1, 0.15) is 18.1 Å². The van der Waals surface area contributed by atoms with E-state index in [2.05, 4.69) is 13.0 Å². The highest BCUT2D eigenvalue weighted by molar-refractivity contribution is 5.82. The molecule has 0 N–H and O–H groups in total. The molecule has 1 aromatic rings. The van der Waals surface area contributed by atoms with Crippen LogP contribution in [0.2, 0.25) is 0 Å². The molecule has 1 heterocycles. The van der Waals surface area contributed by atoms with Crippen LogP contribution in [0.25, 0.3) is 5.57 Å². The Labute approximate surface area is 83.4 Å². The normalized spacial score (nSPS) is 13.6. The first-order valence-corrected chi connectivity index (χ1v) is 4.72. The van der Waals surface area contributed by atoms with Crippen molar-refractivity contribution in [1.29, 1.82) is 5.26 Å². The van der Waals surface area contributed by atoms with Crippen LogP contribution >= 0.6 is 0 Å². The fourth-order valence-electron chi connectivity index (χ4n) is 1.67. The van der Waals surface area contributed by atoms with E-state index in [1.165, 1.54) is 5.56 Å². The first kappa shape index (κ1) is 8.83. The smallest absolute Gasteiger partial charge is 0.131 e. The monoisotopic (exact) mass is 185 g/mol. The number of hydrogen-bond donors (Lipinski definition) is 0. The lowest BCUT2D eigenvalue weighted by Crippen LogP contribution is -2.06. The first-order chi connectivity index (χ1) is 6.86. The zero-order valence-corrected chi connectivity index (χ0v) is 8.08. The number of hydrogen-bond acceptors (Lipinski definition) is 2. The number of nitriles is 1. The van der Waals surface area contributed by atoms with E-state index in [1.807, 2.05) is 24.3 Å². The zero-order chi connectivity index (χ0) is 9.97. The molecule has 2 nitrogen and oxygen atoms in total. The maximum atomic E-state index is 8.93. The van der Waals surface area contributed by atoms with Gasteiger partial charge in [0, 0.05) is 5.56 Å². The number of rotatable bonds is 1. The molecule has 2 heteroatoms. The van der Waals surface area contributed by atoms with Gasteiger partial charge in [-0.25, -0.2) is 0 Å². The number of ether oxygens (including phenoxy) is 1. The third kappa shape index (κ3) is 1.27. The van der Waals surface area contributed by atoms with Gasteiger partial charge in [0.15, 0.2) is 0 Å². The summed E-state index contributed by atoms with van der Waals surface area (Å²) in [6.07, 6.45) is 2.75. The topological polar surface area (TPSA) is 33.0 Å². The third-order valence-corrected chi connectivity index (χ3v) is 2.40. The van der Waals surface area contributed by atoms with Crippen LogP contribution in [0.4, 0.5) is 0 Å². The maximum absolute atomic E-state index is 8.93. The quantitative estimate of drug-likeness (QED) is 0.673. The van der Waals surface area contributed by atoms with Crippen LogP contribution < -0.4 is 4.74 Å². The van der Waals surface area contributed by atoms with Gasteiger partial charge in [-0.05, 0) is 24.1 Å². The molecule has 1 aliphatic rings. The van der Waals surface area contributed by atoms with Gasteiger partial charge in [-0.15, -0.1) is 0 Å². The molecule has 0 aliphatic carbocycles. The Morgan fingerprint density at radius 3 is 3.07 bits per heavy atom. The molecule has 2 rings (SSSR count). The fraction of sp³-hybridized carbons (Fsp3) is 0.250. The number of allylic oxidation sites excluding steroid dienone is 1. The molecule has 1 aromatic carbocycles. The van der Waals surface area contributed by atoms with Gasteiger partial charge in [0.2, 0.25) is 0 Å². The lowest BCUT2D eigenvalue weighted by atomic mass is 9.99. The average Bonchev–Trinajstić information content (AvgIpc) is 2.27. The van der Waals surface area contributed by atoms with Gasteiger partial charge in [0.1, 0.15) is 12.4 Å². The standard InChI is InChI=1S/C12H11NO/c1-2-9-4-3-5-11-10(8-13)6-7-14-12(9)11/h3-6H,2,7H2,1H3. The Balaban J connectivity index is 2.59. The van der Waals surface area contributed by atoms with Crippen LogP contribution in [0.5, 0.6) is 5.75 Å². The molecular weight excluding hydrogens is 174 g/mol. The molecule has 0 amide bonds. The SMILES string of the molecule is CCc1cccc2c1OCC=C2C#N. The number of para-hydroxylation sites is 1. The first-order valence-electron chi connectivity index (χ1n) is 4.72. The largest absolute Gasteiger partial charge is 0.489 e. The van der Waals surface area contributed by atoms with Gasteiger partial charge in [0.25, 0.3) is 0 Å². The van der Waals surface area contributed by atoms with Crippen LogP contribution in [0.3, 0.4) is 0 Å². The molecule has 14 heavy (non-hydrogen) atoms. The summed E-state index contributed by atoms with van der Waals surface area (Å²) in [7, 11) is 0. The van der Waals surface area contributed by atoms with E-state index in [9.17, 15) is 0 Å². The van der Waals surface area contributed by atoms with Gasteiger partial charge < -0.3 is 4.74 Å². The predicted molar refractivity (Wildman–Crippen MR) is 54.9 cm³/mol. The molecule has 0 radical (unpaired) electrons. The van der Waals surface area contributed by atoms with Gasteiger partial charge in [-0.2, -0.15) is 5.26 Å². The van der Waals surface area contributed by atoms with Gasteiger partial charge in [0.05, 0.1) is 11.6 Å². The Bertz CT molecular complexity index is 426. The van der Waals surface area contributed by atoms with Crippen molar-refractivity contribution < 1.29 is 4.74 Å². The van der Waals surface area contributed by atoms with Crippen molar-refractivity contribution in [2.24, 2.45) is 0 Å². The summed E-state index contributed by atoms with van der Waals surface area (Å²) in [6.45, 7) is 2.59. The zero-order valence-electron chi connectivity index (χ0n) is 8.08. The van der Waals surface area contributed by atoms with E-state index in [0.29, 0.717) is 6.61 Å². The van der Waals surface area contributed by atoms with Crippen molar-refractivity contribution in [3.05, 3.63) is 35.4 Å². The number of aryl methyl sites for hydroxylation is 1. The van der Waals surface area contributed by atoms with Crippen molar-refractivity contribution in [2.45, 2.75) is 13.3 Å². The minimum atomic E-state index is 0.507. The van der Waals surface area contributed by atoms with Crippen molar-refractivity contribution >= 4 is 5.57 Å². The average molecular weight is 185 g/mol. The third-order valence-electron chi connectivity index (χ3n) is 2.40. The molecular formula is C12H11NO. The second-order valence-electron chi connectivity index (χ2n) is 3.19. The van der Waals surface area contributed by atoms with Crippen molar-refractivity contribution in [3.63, 3.8) is 0 Å². The summed E-state index contributed by atoms with van der Waals surface area (Å²) in [5.74, 6) is 0.883. The van der Waals surface area contributed by atoms with Gasteiger partial charge in [-0.3, -0.25) is 0 Å². The van der Waals surface area contributed by atoms with Crippen molar-refractivity contribution in [2.75, 3.05) is 6.61 Å². The summed E-state index contributed by atoms with van der Waals surface area (Å²) >= 11 is 0. The Morgan fingerprint density at radius 2 is 2.36 bits per heavy atom. The van der Waals surface area contributed by atoms with Crippen molar-refractivity contribution in [1.82, 2.24) is 0 Å². The van der Waals surface area contributed by atoms with E-state index in [-0.39, 0.29) is 0 Å². The summed E-state index contributed by atoms with van der Waals surface area (Å²) in [6, 6.07) is 8.14. The molecule has 1 aliphatic heterocycles. The molecule has 0 spiro atoms. The second kappa shape index (κ2) is 3.55. The van der Waals surface area contributed by atoms with E-state index in [1.54, 1.807) is 0 Å². The lowest BCUT2D eigenvalue weighted by molar-refractivity contribution is 0.354. The van der Waals surface area contributed by atoms with E-state index < -0.39 is 0 Å². The summed E-state index contributed by atoms with van der Waals surface area (Å²) < 4.78 is 5.55. The molecule has 0 fully saturated rings. The second-order valence-corrected chi connectivity index (χ2v) is 3.19. The minimum Gasteiger partial charge on any atom is -0.489 e. The molecule has 0 bridgehead atoms. The van der Waals surface area contributed by atoms with E-state index >= 15 is 0 Å². The van der Waals surface area contributed by atoms with Crippen molar-refractivity contribution in [3.8, 4) is 11.8 Å². The summed E-state index contributed by atoms with van der Waals surface area (Å²) in [5, 5.41) is 8.93. The molecule has 0 unspecified atom stereocenters. The number of nitrogens with zero attached hydrogens (tertiary/aromatic N) is 1. The highest BCUT2D eigenvalue weighted by atomic mass is 16.5. The molecule has 70 valence electrons. The van der Waals surface area contributed by atoms with Crippen LogP contribution in [0.15, 0.2) is 24.3 Å². The molecule has 0 saturated carbocycles. The Kier molecular flexibility index (Phi) is 2.24. The summed E-state index contributed by atoms with van der Waals surface area (Å²) in [5.41, 5.74) is 2.82. The molecule has 0 atom stereocenters. The summed E-state index contributed by atoms with van der Waals surface area (Å²) in [4.78, 5) is 0. The molecule has 0 saturated heterocycles. The number of benzene rings is 1. The minimum absolute atomic E-state index is 0.507. The van der Waals surface area contributed by atoms with Crippen LogP contribution in [-0.4, -0.2) is 6.61 Å². The molecule has 0 aromatic heterocycles. The maximum Gasteiger partial charge on any atom is 0.131 e. The van der Waals surface area contributed by atoms with Crippen LogP contribution in [0, 0.1) is 11.3 Å². The predicted octanol–water partition coefficient (Wildman–Crippen LogP) is 2.55. The Morgan fingerprint density at radius 1 is 1.50 bits per heavy atom. The van der Waals surface area contributed by atoms with E-state index in [0.717, 1.165) is 23.3 Å². The van der Waals surface area contributed by atoms with E-state index in [4.69, 9.17) is 10.00 Å². The Hall–Kier alpha value is -1.75. The lowest BCUT2D eigenvalue weighted by Gasteiger charge is -2.17. The van der Waals surface area contributed by atoms with Gasteiger partial charge in [-0.1, -0.05) is 19.1 Å². The fourth-order valence-corrected chi connectivity index (χ4v) is 1.67. The highest BCUT2D eigenvalue weighted by Gasteiger charge is 2.15. The number of fused-ring (bicyclic) bond motifs is 1. The van der Waals surface area contributed by atoms with Gasteiger partial charge >= 0.3 is 0 Å². The highest BCUT2D eigenvalue weighted by Crippen LogP contribution is 2.32.